The molecule has 1 heterocycles. The van der Waals surface area contributed by atoms with Crippen LogP contribution in [0.5, 0.6) is 11.5 Å². The maximum atomic E-state index is 13.2. The molecule has 30 heavy (non-hydrogen) atoms. The predicted molar refractivity (Wildman–Crippen MR) is 121 cm³/mol. The maximum absolute atomic E-state index is 13.2. The van der Waals surface area contributed by atoms with Crippen molar-refractivity contribution in [3.05, 3.63) is 54.1 Å². The van der Waals surface area contributed by atoms with Gasteiger partial charge in [-0.2, -0.15) is 0 Å². The van der Waals surface area contributed by atoms with Gasteiger partial charge < -0.3 is 14.8 Å². The highest BCUT2D eigenvalue weighted by Gasteiger charge is 2.17. The largest absolute Gasteiger partial charge is 0.497 e. The maximum Gasteiger partial charge on any atom is 0.252 e. The third kappa shape index (κ3) is 4.90. The lowest BCUT2D eigenvalue weighted by Gasteiger charge is -2.16. The Morgan fingerprint density at radius 2 is 1.87 bits per heavy atom. The summed E-state index contributed by atoms with van der Waals surface area (Å²) >= 11 is 0. The number of amides is 1. The summed E-state index contributed by atoms with van der Waals surface area (Å²) in [5, 5.41) is 3.99. The van der Waals surface area contributed by atoms with E-state index in [4.69, 9.17) is 14.5 Å². The van der Waals surface area contributed by atoms with Crippen molar-refractivity contribution >= 4 is 16.8 Å². The van der Waals surface area contributed by atoms with Gasteiger partial charge in [-0.15, -0.1) is 0 Å². The van der Waals surface area contributed by atoms with Crippen LogP contribution in [0.4, 0.5) is 0 Å². The quantitative estimate of drug-likeness (QED) is 0.469. The van der Waals surface area contributed by atoms with Crippen molar-refractivity contribution in [2.24, 2.45) is 0 Å². The smallest absolute Gasteiger partial charge is 0.252 e. The van der Waals surface area contributed by atoms with E-state index in [2.05, 4.69) is 19.2 Å². The molecule has 0 spiro atoms. The van der Waals surface area contributed by atoms with E-state index < -0.39 is 0 Å². The first-order chi connectivity index (χ1) is 14.6. The lowest BCUT2D eigenvalue weighted by Crippen LogP contribution is -2.32. The fourth-order valence-electron chi connectivity index (χ4n) is 3.59. The summed E-state index contributed by atoms with van der Waals surface area (Å²) in [6.45, 7) is 4.24. The number of carbonyl (C=O) groups is 1. The van der Waals surface area contributed by atoms with E-state index in [0.29, 0.717) is 22.8 Å². The number of nitrogens with one attached hydrogen (secondary N) is 1. The van der Waals surface area contributed by atoms with Crippen LogP contribution >= 0.6 is 0 Å². The van der Waals surface area contributed by atoms with Crippen molar-refractivity contribution in [1.82, 2.24) is 10.3 Å². The predicted octanol–water partition coefficient (Wildman–Crippen LogP) is 5.62. The fraction of sp³-hybridized carbons (Fsp3) is 0.360. The van der Waals surface area contributed by atoms with Crippen LogP contribution in [0.3, 0.4) is 0 Å². The molecule has 0 saturated carbocycles. The number of nitrogens with zero attached hydrogens (tertiary/aromatic N) is 1. The van der Waals surface area contributed by atoms with Gasteiger partial charge >= 0.3 is 0 Å². The molecule has 1 N–H and O–H groups in total. The Morgan fingerprint density at radius 3 is 2.60 bits per heavy atom. The monoisotopic (exact) mass is 406 g/mol. The van der Waals surface area contributed by atoms with Crippen molar-refractivity contribution in [1.29, 1.82) is 0 Å². The molecule has 0 aliphatic heterocycles. The number of benzene rings is 2. The second-order valence-corrected chi connectivity index (χ2v) is 7.51. The van der Waals surface area contributed by atoms with Gasteiger partial charge in [-0.25, -0.2) is 4.98 Å². The third-order valence-electron chi connectivity index (χ3n) is 5.26. The van der Waals surface area contributed by atoms with Gasteiger partial charge in [-0.1, -0.05) is 44.4 Å². The average Bonchev–Trinajstić information content (AvgIpc) is 2.77. The van der Waals surface area contributed by atoms with Crippen LogP contribution in [0, 0.1) is 0 Å². The Labute approximate surface area is 178 Å². The van der Waals surface area contributed by atoms with Gasteiger partial charge in [0.2, 0.25) is 0 Å². The molecule has 5 nitrogen and oxygen atoms in total. The van der Waals surface area contributed by atoms with Gasteiger partial charge in [0.15, 0.2) is 0 Å². The number of pyridine rings is 1. The average molecular weight is 407 g/mol. The minimum Gasteiger partial charge on any atom is -0.497 e. The van der Waals surface area contributed by atoms with Crippen LogP contribution in [0.1, 0.15) is 49.9 Å². The van der Waals surface area contributed by atoms with Crippen LogP contribution in [0.15, 0.2) is 48.5 Å². The number of fused-ring (bicyclic) bond motifs is 1. The van der Waals surface area contributed by atoms with Crippen molar-refractivity contribution < 1.29 is 14.3 Å². The van der Waals surface area contributed by atoms with E-state index in [1.165, 1.54) is 12.8 Å². The molecule has 0 fully saturated rings. The Morgan fingerprint density at radius 1 is 1.07 bits per heavy atom. The van der Waals surface area contributed by atoms with Crippen LogP contribution in [-0.4, -0.2) is 31.2 Å². The molecule has 1 amide bonds. The van der Waals surface area contributed by atoms with Crippen molar-refractivity contribution in [3.8, 4) is 22.8 Å². The highest BCUT2D eigenvalue weighted by Crippen LogP contribution is 2.34. The molecule has 0 radical (unpaired) electrons. The topological polar surface area (TPSA) is 60.5 Å². The van der Waals surface area contributed by atoms with Crippen molar-refractivity contribution in [2.75, 3.05) is 14.2 Å². The second kappa shape index (κ2) is 10.1. The van der Waals surface area contributed by atoms with E-state index >= 15 is 0 Å². The molecule has 3 rings (SSSR count). The fourth-order valence-corrected chi connectivity index (χ4v) is 3.59. The van der Waals surface area contributed by atoms with Crippen molar-refractivity contribution in [3.63, 3.8) is 0 Å². The Hall–Kier alpha value is -3.08. The van der Waals surface area contributed by atoms with E-state index in [9.17, 15) is 4.79 Å². The molecule has 5 heteroatoms. The zero-order valence-corrected chi connectivity index (χ0v) is 18.2. The van der Waals surface area contributed by atoms with Crippen LogP contribution < -0.4 is 14.8 Å². The SMILES string of the molecule is CCCCC[C@@H](C)NC(=O)c1cc(-c2ccc(OC)cc2OC)nc2ccccc12. The van der Waals surface area contributed by atoms with Crippen LogP contribution in [0.25, 0.3) is 22.2 Å². The highest BCUT2D eigenvalue weighted by atomic mass is 16.5. The summed E-state index contributed by atoms with van der Waals surface area (Å²) < 4.78 is 10.9. The number of para-hydroxylation sites is 1. The molecule has 1 aromatic heterocycles. The molecule has 2 aromatic carbocycles. The lowest BCUT2D eigenvalue weighted by atomic mass is 10.0. The number of rotatable bonds is 9. The normalized spacial score (nSPS) is 11.9. The standard InChI is InChI=1S/C25H30N2O3/c1-5-6-7-10-17(2)26-25(28)21-16-23(27-22-12-9-8-11-19(21)22)20-14-13-18(29-3)15-24(20)30-4/h8-9,11-17H,5-7,10H2,1-4H3,(H,26,28)/t17-/m1/s1. The Kier molecular flexibility index (Phi) is 7.28. The highest BCUT2D eigenvalue weighted by molar-refractivity contribution is 6.07. The molecule has 0 bridgehead atoms. The van der Waals surface area contributed by atoms with Crippen molar-refractivity contribution in [2.45, 2.75) is 45.6 Å². The molecule has 0 aliphatic carbocycles. The van der Waals surface area contributed by atoms with Gasteiger partial charge in [0.25, 0.3) is 5.91 Å². The van der Waals surface area contributed by atoms with Gasteiger partial charge in [0.05, 0.1) is 31.0 Å². The first kappa shape index (κ1) is 21.6. The van der Waals surface area contributed by atoms with E-state index in [-0.39, 0.29) is 11.9 Å². The summed E-state index contributed by atoms with van der Waals surface area (Å²) in [7, 11) is 3.23. The number of unbranched alkanes of at least 4 members (excludes halogenated alkanes) is 2. The van der Waals surface area contributed by atoms with Gasteiger partial charge in [0, 0.05) is 23.1 Å². The Balaban J connectivity index is 2.00. The molecule has 1 atom stereocenters. The minimum absolute atomic E-state index is 0.0775. The Bertz CT molecular complexity index is 1020. The number of hydrogen-bond acceptors (Lipinski definition) is 4. The van der Waals surface area contributed by atoms with Gasteiger partial charge in [0.1, 0.15) is 11.5 Å². The first-order valence-electron chi connectivity index (χ1n) is 10.5. The third-order valence-corrected chi connectivity index (χ3v) is 5.26. The van der Waals surface area contributed by atoms with Gasteiger partial charge in [-0.05, 0) is 37.6 Å². The molecule has 0 unspecified atom stereocenters. The van der Waals surface area contributed by atoms with Crippen LogP contribution in [-0.2, 0) is 0 Å². The summed E-state index contributed by atoms with van der Waals surface area (Å²) in [5.41, 5.74) is 2.90. The number of methoxy groups -OCH3 is 2. The molecular weight excluding hydrogens is 376 g/mol. The molecule has 0 aliphatic rings. The minimum atomic E-state index is -0.0775. The van der Waals surface area contributed by atoms with Gasteiger partial charge in [-0.3, -0.25) is 4.79 Å². The summed E-state index contributed by atoms with van der Waals surface area (Å²) in [6, 6.07) is 15.3. The number of aromatic nitrogens is 1. The number of hydrogen-bond donors (Lipinski definition) is 1. The number of ether oxygens (including phenoxy) is 2. The summed E-state index contributed by atoms with van der Waals surface area (Å²) in [4.78, 5) is 17.9. The number of carbonyl (C=O) groups excluding carboxylic acids is 1. The van der Waals surface area contributed by atoms with E-state index in [0.717, 1.165) is 29.3 Å². The second-order valence-electron chi connectivity index (χ2n) is 7.51. The lowest BCUT2D eigenvalue weighted by molar-refractivity contribution is 0.0939. The summed E-state index contributed by atoms with van der Waals surface area (Å²) in [6.07, 6.45) is 4.44. The molecular formula is C25H30N2O3. The zero-order valence-electron chi connectivity index (χ0n) is 18.2. The van der Waals surface area contributed by atoms with E-state index in [1.807, 2.05) is 48.5 Å². The van der Waals surface area contributed by atoms with E-state index in [1.54, 1.807) is 14.2 Å². The van der Waals surface area contributed by atoms with Crippen LogP contribution in [0.2, 0.25) is 0 Å². The first-order valence-corrected chi connectivity index (χ1v) is 10.5. The molecule has 3 aromatic rings. The molecule has 158 valence electrons. The molecule has 0 saturated heterocycles. The summed E-state index contributed by atoms with van der Waals surface area (Å²) in [5.74, 6) is 1.28. The zero-order chi connectivity index (χ0) is 21.5.